The Bertz CT molecular complexity index is 1920. The maximum Gasteiger partial charge on any atom is 0.397 e. The molecule has 75 heavy (non-hydrogen) atoms. The van der Waals surface area contributed by atoms with Crippen molar-refractivity contribution in [2.75, 3.05) is 33.0 Å². The summed E-state index contributed by atoms with van der Waals surface area (Å²) >= 11 is 0. The fourth-order valence-corrected chi connectivity index (χ4v) is 9.13. The highest BCUT2D eigenvalue weighted by Gasteiger charge is 2.57. The average Bonchev–Trinajstić information content (AvgIpc) is 3.35. The number of amides is 2. The summed E-state index contributed by atoms with van der Waals surface area (Å²) in [4.78, 5) is 25.1. The van der Waals surface area contributed by atoms with E-state index in [4.69, 9.17) is 47.4 Å². The van der Waals surface area contributed by atoms with Crippen molar-refractivity contribution in [3.8, 4) is 0 Å². The number of hydrogen-bond donors (Lipinski definition) is 19. The summed E-state index contributed by atoms with van der Waals surface area (Å²) in [6, 6.07) is -3.58. The van der Waals surface area contributed by atoms with Gasteiger partial charge in [-0.15, -0.1) is 0 Å². The number of rotatable bonds is 22. The lowest BCUT2D eigenvalue weighted by atomic mass is 9.95. The SMILES string of the molecule is CC(=O)N[C@H]1[C@H](OC[C@@H](O)[C@H](O)[C@H](O[C@@H]2O[C@H](CO)[C@H](O)[C@H](O[C@@H]3O[C@H](CO)[C@H](O)[C@H](O)[C@H]3O)[C@H]2O[C@@H]2O[C@@H](C)[C@@H](O)[C@@H](O)[C@@H]2O)[C@H](CO)NC(C)=O)O[C@H](COS(=O)(=O)O)[C@@H](O)[C@@H]1O[C@@H]1O[C@@H](C)[C@@H](O)[C@@H](O)[C@@H]1O. The number of hydrogen-bond acceptors (Lipinski definition) is 31. The van der Waals surface area contributed by atoms with Crippen LogP contribution in [-0.4, -0.2) is 317 Å². The summed E-state index contributed by atoms with van der Waals surface area (Å²) in [5.41, 5.74) is 0. The van der Waals surface area contributed by atoms with Crippen LogP contribution in [0.15, 0.2) is 0 Å². The van der Waals surface area contributed by atoms with E-state index in [9.17, 15) is 104 Å². The first kappa shape index (κ1) is 63.6. The molecule has 5 heterocycles. The topological polar surface area (TPSA) is 538 Å². The molecule has 0 radical (unpaired) electrons. The number of carbonyl (C=O) groups is 2. The van der Waals surface area contributed by atoms with Crippen molar-refractivity contribution in [2.24, 2.45) is 0 Å². The lowest BCUT2D eigenvalue weighted by molar-refractivity contribution is -0.396. The highest BCUT2D eigenvalue weighted by atomic mass is 32.3. The lowest BCUT2D eigenvalue weighted by Crippen LogP contribution is -2.68. The van der Waals surface area contributed by atoms with E-state index in [0.717, 1.165) is 13.8 Å². The summed E-state index contributed by atoms with van der Waals surface area (Å²) in [6.45, 7) is -1.13. The van der Waals surface area contributed by atoms with E-state index >= 15 is 0 Å². The van der Waals surface area contributed by atoms with E-state index in [2.05, 4.69) is 14.8 Å². The lowest BCUT2D eigenvalue weighted by Gasteiger charge is -2.50. The molecule has 0 aromatic heterocycles. The van der Waals surface area contributed by atoms with Gasteiger partial charge in [0.2, 0.25) is 11.8 Å². The van der Waals surface area contributed by atoms with Crippen LogP contribution in [0, 0.1) is 0 Å². The average molecular weight is 1120 g/mol. The second-order valence-corrected chi connectivity index (χ2v) is 19.6. The molecule has 2 amide bonds. The quantitative estimate of drug-likeness (QED) is 0.0448. The van der Waals surface area contributed by atoms with E-state index in [1.165, 1.54) is 13.8 Å². The van der Waals surface area contributed by atoms with Crippen LogP contribution in [0.2, 0.25) is 0 Å². The first-order valence-electron chi connectivity index (χ1n) is 23.4. The fourth-order valence-electron chi connectivity index (χ4n) is 8.82. The molecular formula is C40H70N2O32S. The minimum atomic E-state index is -5.25. The number of aliphatic hydroxyl groups excluding tert-OH is 16. The van der Waals surface area contributed by atoms with Gasteiger partial charge in [-0.25, -0.2) is 4.18 Å². The number of aliphatic hydroxyl groups is 16. The minimum Gasteiger partial charge on any atom is -0.394 e. The predicted octanol–water partition coefficient (Wildman–Crippen LogP) is -12.3. The zero-order valence-electron chi connectivity index (χ0n) is 40.4. The Balaban J connectivity index is 1.50. The van der Waals surface area contributed by atoms with Gasteiger partial charge in [-0.3, -0.25) is 14.1 Å². The molecular weight excluding hydrogens is 1050 g/mol. The smallest absolute Gasteiger partial charge is 0.394 e. The van der Waals surface area contributed by atoms with Crippen molar-refractivity contribution in [2.45, 2.75) is 206 Å². The maximum atomic E-state index is 12.6. The van der Waals surface area contributed by atoms with Gasteiger partial charge in [0.05, 0.1) is 51.3 Å². The summed E-state index contributed by atoms with van der Waals surface area (Å²) < 4.78 is 94.4. The standard InChI is InChI=1S/C40H70N2O32S/c1-10-20(49)26(55)29(58)37(66-10)72-33-19(42-13(4)47)36(70-18(25(33)54)9-65-75(61,62)63)64-8-15(48)22(51)32(14(5-43)41-12(3)46)71-40-35(74-38-30(59)27(56)21(50)11(2)67-38)34(24(53)17(7-45)69-40)73-39-31(60)28(57)23(52)16(6-44)68-39/h10-11,14-40,43-45,48-60H,5-9H2,1-4H3,(H,41,46)(H,42,47)(H,61,62,63)/t10-,11-,14-,15+,16+,17+,18+,19+,20+,21+,22-,23-,24-,25+,26+,27+,28-,29-,30-,31+,32+,33+,34-,35+,36+,37-,38-,39-,40-/m0/s1. The van der Waals surface area contributed by atoms with Crippen molar-refractivity contribution in [1.82, 2.24) is 10.6 Å². The Morgan fingerprint density at radius 2 is 1.01 bits per heavy atom. The molecule has 0 aliphatic carbocycles. The number of ether oxygens (including phenoxy) is 10. The van der Waals surface area contributed by atoms with E-state index in [0.29, 0.717) is 0 Å². The van der Waals surface area contributed by atoms with Gasteiger partial charge in [0, 0.05) is 13.8 Å². The van der Waals surface area contributed by atoms with Crippen LogP contribution in [0.5, 0.6) is 0 Å². The number of nitrogens with one attached hydrogen (secondary N) is 2. The molecule has 0 saturated carbocycles. The van der Waals surface area contributed by atoms with Gasteiger partial charge < -0.3 is 140 Å². The van der Waals surface area contributed by atoms with Crippen LogP contribution in [0.1, 0.15) is 27.7 Å². The summed E-state index contributed by atoms with van der Waals surface area (Å²) in [5.74, 6) is -1.78. The molecule has 0 aromatic rings. The molecule has 5 fully saturated rings. The van der Waals surface area contributed by atoms with Gasteiger partial charge in [-0.1, -0.05) is 0 Å². The summed E-state index contributed by atoms with van der Waals surface area (Å²) in [7, 11) is -5.25. The monoisotopic (exact) mass is 1120 g/mol. The van der Waals surface area contributed by atoms with Gasteiger partial charge in [0.1, 0.15) is 128 Å². The van der Waals surface area contributed by atoms with Crippen LogP contribution in [0.3, 0.4) is 0 Å². The van der Waals surface area contributed by atoms with Gasteiger partial charge in [0.25, 0.3) is 0 Å². The van der Waals surface area contributed by atoms with E-state index in [1.54, 1.807) is 0 Å². The van der Waals surface area contributed by atoms with Crippen molar-refractivity contribution in [1.29, 1.82) is 0 Å². The van der Waals surface area contributed by atoms with E-state index in [-0.39, 0.29) is 0 Å². The third kappa shape index (κ3) is 15.4. The zero-order valence-corrected chi connectivity index (χ0v) is 41.2. The van der Waals surface area contributed by atoms with Gasteiger partial charge >= 0.3 is 10.4 Å². The first-order valence-corrected chi connectivity index (χ1v) is 24.8. The van der Waals surface area contributed by atoms with Crippen LogP contribution >= 0.6 is 0 Å². The molecule has 29 atom stereocenters. The van der Waals surface area contributed by atoms with Crippen molar-refractivity contribution in [3.05, 3.63) is 0 Å². The molecule has 5 saturated heterocycles. The van der Waals surface area contributed by atoms with Gasteiger partial charge in [-0.2, -0.15) is 8.42 Å². The number of carbonyl (C=O) groups excluding carboxylic acids is 2. The Morgan fingerprint density at radius 3 is 1.51 bits per heavy atom. The fraction of sp³-hybridized carbons (Fsp3) is 0.950. The highest BCUT2D eigenvalue weighted by Crippen LogP contribution is 2.36. The summed E-state index contributed by atoms with van der Waals surface area (Å²) in [6.07, 6.45) is -53.0. The Kier molecular flexibility index (Phi) is 23.1. The second kappa shape index (κ2) is 27.3. The molecule has 0 spiro atoms. The Labute approximate surface area is 426 Å². The molecule has 438 valence electrons. The van der Waals surface area contributed by atoms with Crippen LogP contribution in [0.25, 0.3) is 0 Å². The normalized spacial score (nSPS) is 44.5. The molecule has 19 N–H and O–H groups in total. The molecule has 0 unspecified atom stereocenters. The molecule has 5 aliphatic rings. The molecule has 5 aliphatic heterocycles. The molecule has 0 bridgehead atoms. The molecule has 0 aromatic carbocycles. The van der Waals surface area contributed by atoms with Crippen molar-refractivity contribution >= 4 is 22.2 Å². The third-order valence-corrected chi connectivity index (χ3v) is 13.4. The molecule has 34 nitrogen and oxygen atoms in total. The Hall–Kier alpha value is -2.23. The van der Waals surface area contributed by atoms with Crippen molar-refractivity contribution in [3.63, 3.8) is 0 Å². The summed E-state index contributed by atoms with van der Waals surface area (Å²) in [5, 5.41) is 177. The van der Waals surface area contributed by atoms with E-state index < -0.39 is 233 Å². The first-order chi connectivity index (χ1) is 35.0. The predicted molar refractivity (Wildman–Crippen MR) is 232 cm³/mol. The second-order valence-electron chi connectivity index (χ2n) is 18.5. The van der Waals surface area contributed by atoms with Crippen LogP contribution < -0.4 is 10.6 Å². The van der Waals surface area contributed by atoms with Crippen LogP contribution in [0.4, 0.5) is 0 Å². The third-order valence-electron chi connectivity index (χ3n) is 13.0. The molecule has 5 rings (SSSR count). The van der Waals surface area contributed by atoms with E-state index in [1.807, 2.05) is 0 Å². The van der Waals surface area contributed by atoms with Gasteiger partial charge in [0.15, 0.2) is 31.5 Å². The highest BCUT2D eigenvalue weighted by molar-refractivity contribution is 7.80. The van der Waals surface area contributed by atoms with Crippen LogP contribution in [-0.2, 0) is 71.5 Å². The minimum absolute atomic E-state index is 0.884. The van der Waals surface area contributed by atoms with Crippen molar-refractivity contribution < 1.29 is 156 Å². The maximum absolute atomic E-state index is 12.6. The Morgan fingerprint density at radius 1 is 0.560 bits per heavy atom. The zero-order chi connectivity index (χ0) is 56.1. The van der Waals surface area contributed by atoms with Gasteiger partial charge in [-0.05, 0) is 13.8 Å². The largest absolute Gasteiger partial charge is 0.397 e. The molecule has 35 heteroatoms.